The molecule has 2 atom stereocenters. The highest BCUT2D eigenvalue weighted by Gasteiger charge is 2.36. The van der Waals surface area contributed by atoms with E-state index in [9.17, 15) is 0 Å². The molecule has 3 rings (SSSR count). The summed E-state index contributed by atoms with van der Waals surface area (Å²) in [6.07, 6.45) is 1.30. The lowest BCUT2D eigenvalue weighted by Gasteiger charge is -1.89. The van der Waals surface area contributed by atoms with Gasteiger partial charge < -0.3 is 5.73 Å². The number of thiazole rings is 1. The average Bonchev–Trinajstić information content (AvgIpc) is 2.75. The number of nitrogens with two attached hydrogens (primary N) is 1. The van der Waals surface area contributed by atoms with Crippen LogP contribution in [0.15, 0.2) is 18.2 Å². The quantitative estimate of drug-likeness (QED) is 0.725. The Hall–Kier alpha value is -1.09. The summed E-state index contributed by atoms with van der Waals surface area (Å²) in [5.41, 5.74) is 7.66. The minimum Gasteiger partial charge on any atom is -0.399 e. The fourth-order valence-electron chi connectivity index (χ4n) is 1.78. The van der Waals surface area contributed by atoms with Crippen LogP contribution >= 0.6 is 11.3 Å². The standard InChI is InChI=1S/C11H12N2S/c1-6-4-8(6)11-13-9-3-2-7(12)5-10(9)14-11/h2-3,5-6,8H,4,12H2,1H3. The van der Waals surface area contributed by atoms with Gasteiger partial charge in [-0.2, -0.15) is 0 Å². The molecular formula is C11H12N2S. The minimum absolute atomic E-state index is 0.716. The summed E-state index contributed by atoms with van der Waals surface area (Å²) >= 11 is 1.79. The number of nitrogen functional groups attached to an aromatic ring is 1. The molecule has 1 fully saturated rings. The van der Waals surface area contributed by atoms with Crippen molar-refractivity contribution in [1.29, 1.82) is 0 Å². The Labute approximate surface area is 86.8 Å². The minimum atomic E-state index is 0.716. The highest BCUT2D eigenvalue weighted by molar-refractivity contribution is 7.18. The number of hydrogen-bond acceptors (Lipinski definition) is 3. The first kappa shape index (κ1) is 8.24. The summed E-state index contributed by atoms with van der Waals surface area (Å²) in [5, 5.41) is 1.29. The maximum Gasteiger partial charge on any atom is 0.0972 e. The molecule has 0 bridgehead atoms. The molecule has 1 aliphatic rings. The highest BCUT2D eigenvalue weighted by Crippen LogP contribution is 2.48. The number of benzene rings is 1. The molecule has 0 amide bonds. The molecule has 2 unspecified atom stereocenters. The van der Waals surface area contributed by atoms with Gasteiger partial charge in [-0.1, -0.05) is 6.92 Å². The molecule has 1 aliphatic carbocycles. The van der Waals surface area contributed by atoms with E-state index in [1.54, 1.807) is 11.3 Å². The monoisotopic (exact) mass is 204 g/mol. The van der Waals surface area contributed by atoms with Crippen molar-refractivity contribution < 1.29 is 0 Å². The maximum atomic E-state index is 5.73. The molecule has 1 aromatic carbocycles. The normalized spacial score (nSPS) is 25.5. The van der Waals surface area contributed by atoms with E-state index in [1.165, 1.54) is 16.1 Å². The van der Waals surface area contributed by atoms with Crippen LogP contribution in [-0.2, 0) is 0 Å². The van der Waals surface area contributed by atoms with Crippen molar-refractivity contribution in [3.8, 4) is 0 Å². The van der Waals surface area contributed by atoms with Gasteiger partial charge in [0, 0.05) is 11.6 Å². The zero-order chi connectivity index (χ0) is 9.71. The number of hydrogen-bond donors (Lipinski definition) is 1. The molecule has 0 spiro atoms. The number of anilines is 1. The predicted octanol–water partition coefficient (Wildman–Crippen LogP) is 3.00. The number of nitrogens with zero attached hydrogens (tertiary/aromatic N) is 1. The van der Waals surface area contributed by atoms with Crippen LogP contribution in [0.1, 0.15) is 24.3 Å². The van der Waals surface area contributed by atoms with Crippen LogP contribution in [-0.4, -0.2) is 4.98 Å². The van der Waals surface area contributed by atoms with Crippen LogP contribution in [0.2, 0.25) is 0 Å². The van der Waals surface area contributed by atoms with Crippen molar-refractivity contribution in [3.05, 3.63) is 23.2 Å². The molecule has 0 radical (unpaired) electrons. The first-order valence-electron chi connectivity index (χ1n) is 4.90. The zero-order valence-corrected chi connectivity index (χ0v) is 8.84. The first-order valence-corrected chi connectivity index (χ1v) is 5.71. The van der Waals surface area contributed by atoms with Gasteiger partial charge in [-0.3, -0.25) is 0 Å². The Morgan fingerprint density at radius 2 is 2.29 bits per heavy atom. The smallest absolute Gasteiger partial charge is 0.0972 e. The lowest BCUT2D eigenvalue weighted by molar-refractivity contribution is 0.908. The third-order valence-electron chi connectivity index (χ3n) is 2.86. The summed E-state index contributed by atoms with van der Waals surface area (Å²) < 4.78 is 1.22. The van der Waals surface area contributed by atoms with Crippen LogP contribution in [0.4, 0.5) is 5.69 Å². The van der Waals surface area contributed by atoms with Crippen LogP contribution in [0.5, 0.6) is 0 Å². The van der Waals surface area contributed by atoms with Crippen molar-refractivity contribution in [2.75, 3.05) is 5.73 Å². The molecule has 3 heteroatoms. The fraction of sp³-hybridized carbons (Fsp3) is 0.364. The van der Waals surface area contributed by atoms with Gasteiger partial charge in [0.25, 0.3) is 0 Å². The van der Waals surface area contributed by atoms with Gasteiger partial charge in [-0.25, -0.2) is 4.98 Å². The van der Waals surface area contributed by atoms with Gasteiger partial charge in [-0.05, 0) is 30.5 Å². The predicted molar refractivity (Wildman–Crippen MR) is 60.6 cm³/mol. The molecular weight excluding hydrogens is 192 g/mol. The second kappa shape index (κ2) is 2.70. The summed E-state index contributed by atoms with van der Waals surface area (Å²) in [4.78, 5) is 4.63. The molecule has 0 saturated heterocycles. The fourth-order valence-corrected chi connectivity index (χ4v) is 3.05. The van der Waals surface area contributed by atoms with E-state index in [2.05, 4.69) is 11.9 Å². The Balaban J connectivity index is 2.11. The summed E-state index contributed by atoms with van der Waals surface area (Å²) in [5.74, 6) is 1.54. The van der Waals surface area contributed by atoms with Crippen molar-refractivity contribution in [2.24, 2.45) is 5.92 Å². The second-order valence-electron chi connectivity index (χ2n) is 4.10. The molecule has 2 aromatic rings. The summed E-state index contributed by atoms with van der Waals surface area (Å²) in [6, 6.07) is 5.95. The van der Waals surface area contributed by atoms with Crippen LogP contribution in [0, 0.1) is 5.92 Å². The van der Waals surface area contributed by atoms with Crippen LogP contribution in [0.25, 0.3) is 10.2 Å². The van der Waals surface area contributed by atoms with Crippen molar-refractivity contribution in [1.82, 2.24) is 4.98 Å². The van der Waals surface area contributed by atoms with Gasteiger partial charge in [0.15, 0.2) is 0 Å². The number of fused-ring (bicyclic) bond motifs is 1. The molecule has 14 heavy (non-hydrogen) atoms. The van der Waals surface area contributed by atoms with Crippen molar-refractivity contribution >= 4 is 27.2 Å². The lowest BCUT2D eigenvalue weighted by Crippen LogP contribution is -1.81. The average molecular weight is 204 g/mol. The Kier molecular flexibility index (Phi) is 1.59. The van der Waals surface area contributed by atoms with E-state index in [1.807, 2.05) is 18.2 Å². The van der Waals surface area contributed by atoms with Crippen LogP contribution in [0.3, 0.4) is 0 Å². The van der Waals surface area contributed by atoms with Gasteiger partial charge in [-0.15, -0.1) is 11.3 Å². The summed E-state index contributed by atoms with van der Waals surface area (Å²) in [6.45, 7) is 2.28. The zero-order valence-electron chi connectivity index (χ0n) is 8.03. The largest absolute Gasteiger partial charge is 0.399 e. The van der Waals surface area contributed by atoms with Gasteiger partial charge in [0.1, 0.15) is 0 Å². The first-order chi connectivity index (χ1) is 6.74. The topological polar surface area (TPSA) is 38.9 Å². The van der Waals surface area contributed by atoms with E-state index in [0.717, 1.165) is 17.1 Å². The summed E-state index contributed by atoms with van der Waals surface area (Å²) in [7, 11) is 0. The Morgan fingerprint density at radius 3 is 3.00 bits per heavy atom. The third kappa shape index (κ3) is 1.20. The molecule has 1 saturated carbocycles. The number of aromatic nitrogens is 1. The van der Waals surface area contributed by atoms with E-state index in [4.69, 9.17) is 5.73 Å². The van der Waals surface area contributed by atoms with E-state index >= 15 is 0 Å². The lowest BCUT2D eigenvalue weighted by atomic mass is 10.3. The van der Waals surface area contributed by atoms with E-state index in [-0.39, 0.29) is 0 Å². The van der Waals surface area contributed by atoms with E-state index < -0.39 is 0 Å². The SMILES string of the molecule is CC1CC1c1nc2ccc(N)cc2s1. The molecule has 0 aliphatic heterocycles. The highest BCUT2D eigenvalue weighted by atomic mass is 32.1. The van der Waals surface area contributed by atoms with Crippen LogP contribution < -0.4 is 5.73 Å². The molecule has 2 nitrogen and oxygen atoms in total. The third-order valence-corrected chi connectivity index (χ3v) is 4.01. The molecule has 1 aromatic heterocycles. The Morgan fingerprint density at radius 1 is 1.50 bits per heavy atom. The Bertz CT molecular complexity index is 489. The van der Waals surface area contributed by atoms with Gasteiger partial charge >= 0.3 is 0 Å². The molecule has 72 valence electrons. The van der Waals surface area contributed by atoms with Crippen molar-refractivity contribution in [3.63, 3.8) is 0 Å². The van der Waals surface area contributed by atoms with Gasteiger partial charge in [0.2, 0.25) is 0 Å². The van der Waals surface area contributed by atoms with Gasteiger partial charge in [0.05, 0.1) is 15.2 Å². The van der Waals surface area contributed by atoms with E-state index in [0.29, 0.717) is 5.92 Å². The maximum absolute atomic E-state index is 5.73. The number of rotatable bonds is 1. The molecule has 2 N–H and O–H groups in total. The second-order valence-corrected chi connectivity index (χ2v) is 5.16. The van der Waals surface area contributed by atoms with Crippen molar-refractivity contribution in [2.45, 2.75) is 19.3 Å². The molecule has 1 heterocycles.